The van der Waals surface area contributed by atoms with E-state index in [4.69, 9.17) is 18.3 Å². The van der Waals surface area contributed by atoms with Crippen LogP contribution in [0.5, 0.6) is 0 Å². The molecule has 140 valence electrons. The number of hydrogen-bond acceptors (Lipinski definition) is 9. The monoisotopic (exact) mass is 382 g/mol. The Morgan fingerprint density at radius 1 is 1.36 bits per heavy atom. The number of rotatable bonds is 4. The molecule has 3 heterocycles. The van der Waals surface area contributed by atoms with E-state index in [-0.39, 0.29) is 26.2 Å². The largest absolute Gasteiger partial charge is 0.475 e. The van der Waals surface area contributed by atoms with E-state index >= 15 is 0 Å². The molecule has 2 aliphatic rings. The van der Waals surface area contributed by atoms with Gasteiger partial charge in [0.05, 0.1) is 32.1 Å². The molecule has 2 aliphatic heterocycles. The number of phosphoric ester groups is 1. The summed E-state index contributed by atoms with van der Waals surface area (Å²) in [5.41, 5.74) is -2.06. The third-order valence-electron chi connectivity index (χ3n) is 3.69. The van der Waals surface area contributed by atoms with Crippen LogP contribution in [-0.4, -0.2) is 57.9 Å². The van der Waals surface area contributed by atoms with Crippen molar-refractivity contribution < 1.29 is 37.5 Å². The second kappa shape index (κ2) is 7.08. The van der Waals surface area contributed by atoms with Crippen LogP contribution in [0.15, 0.2) is 15.8 Å². The Bertz CT molecular complexity index is 784. The zero-order chi connectivity index (χ0) is 18.2. The maximum Gasteiger partial charge on any atom is 0.475 e. The molecule has 0 amide bonds. The molecule has 2 fully saturated rings. The topological polar surface area (TPSA) is 149 Å². The van der Waals surface area contributed by atoms with Gasteiger partial charge in [-0.2, -0.15) is 4.39 Å². The molecule has 25 heavy (non-hydrogen) atoms. The van der Waals surface area contributed by atoms with E-state index in [9.17, 15) is 28.8 Å². The summed E-state index contributed by atoms with van der Waals surface area (Å²) < 4.78 is 46.3. The maximum atomic E-state index is 13.3. The predicted molar refractivity (Wildman–Crippen MR) is 77.3 cm³/mol. The van der Waals surface area contributed by atoms with Crippen molar-refractivity contribution in [2.45, 2.75) is 31.0 Å². The molecule has 3 atom stereocenters. The zero-order valence-corrected chi connectivity index (χ0v) is 13.6. The van der Waals surface area contributed by atoms with Gasteiger partial charge < -0.3 is 14.9 Å². The van der Waals surface area contributed by atoms with Gasteiger partial charge in [-0.15, -0.1) is 0 Å². The SMILES string of the molecule is O=c1[nH]c(=O)n([C@H]2C[C@H](O)[C@@H](COP3(=O)OCC(O)CO3)O2)cc1F. The average molecular weight is 382 g/mol. The maximum absolute atomic E-state index is 13.3. The Labute approximate surface area is 139 Å². The molecular formula is C12H16FN2O9P. The molecule has 1 aromatic heterocycles. The minimum atomic E-state index is -3.87. The molecular weight excluding hydrogens is 366 g/mol. The fourth-order valence-corrected chi connectivity index (χ4v) is 3.65. The second-order valence-corrected chi connectivity index (χ2v) is 7.23. The van der Waals surface area contributed by atoms with E-state index in [0.717, 1.165) is 4.57 Å². The van der Waals surface area contributed by atoms with E-state index in [0.29, 0.717) is 6.20 Å². The molecule has 11 nitrogen and oxygen atoms in total. The van der Waals surface area contributed by atoms with Crippen LogP contribution in [0.4, 0.5) is 4.39 Å². The van der Waals surface area contributed by atoms with Gasteiger partial charge in [-0.25, -0.2) is 9.36 Å². The lowest BCUT2D eigenvalue weighted by molar-refractivity contribution is -0.0601. The highest BCUT2D eigenvalue weighted by Crippen LogP contribution is 2.52. The molecule has 13 heteroatoms. The minimum absolute atomic E-state index is 0.0792. The number of aromatic nitrogens is 2. The third-order valence-corrected chi connectivity index (χ3v) is 5.08. The molecule has 3 rings (SSSR count). The van der Waals surface area contributed by atoms with Crippen molar-refractivity contribution in [3.63, 3.8) is 0 Å². The van der Waals surface area contributed by atoms with Gasteiger partial charge in [0.15, 0.2) is 0 Å². The molecule has 2 saturated heterocycles. The van der Waals surface area contributed by atoms with Gasteiger partial charge in [0.2, 0.25) is 5.82 Å². The Balaban J connectivity index is 1.64. The highest BCUT2D eigenvalue weighted by atomic mass is 31.2. The van der Waals surface area contributed by atoms with Crippen LogP contribution >= 0.6 is 7.82 Å². The van der Waals surface area contributed by atoms with Crippen molar-refractivity contribution >= 4 is 7.82 Å². The Morgan fingerprint density at radius 2 is 2.04 bits per heavy atom. The Hall–Kier alpha value is -1.40. The van der Waals surface area contributed by atoms with Crippen molar-refractivity contribution in [1.82, 2.24) is 9.55 Å². The first-order valence-corrected chi connectivity index (χ1v) is 8.80. The van der Waals surface area contributed by atoms with Crippen molar-refractivity contribution in [2.75, 3.05) is 19.8 Å². The number of aromatic amines is 1. The van der Waals surface area contributed by atoms with Crippen LogP contribution in [0.1, 0.15) is 12.6 Å². The van der Waals surface area contributed by atoms with E-state index < -0.39 is 49.4 Å². The summed E-state index contributed by atoms with van der Waals surface area (Å²) in [6.45, 7) is -0.828. The second-order valence-electron chi connectivity index (χ2n) is 5.56. The first kappa shape index (κ1) is 18.4. The number of hydrogen-bond donors (Lipinski definition) is 3. The number of aliphatic hydroxyl groups is 2. The fourth-order valence-electron chi connectivity index (χ4n) is 2.39. The molecule has 0 bridgehead atoms. The van der Waals surface area contributed by atoms with Crippen LogP contribution in [-0.2, 0) is 22.9 Å². The lowest BCUT2D eigenvalue weighted by Crippen LogP contribution is -2.34. The van der Waals surface area contributed by atoms with Crippen molar-refractivity contribution in [3.8, 4) is 0 Å². The highest BCUT2D eigenvalue weighted by molar-refractivity contribution is 7.48. The Morgan fingerprint density at radius 3 is 2.72 bits per heavy atom. The van der Waals surface area contributed by atoms with E-state index in [1.54, 1.807) is 4.98 Å². The molecule has 0 spiro atoms. The van der Waals surface area contributed by atoms with Gasteiger partial charge in [0.1, 0.15) is 18.4 Å². The molecule has 0 aliphatic carbocycles. The average Bonchev–Trinajstić information content (AvgIpc) is 2.93. The standard InChI is InChI=1S/C12H16FN2O9P/c13-7-2-15(12(19)14-11(7)18)10-1-8(17)9(24-10)5-23-25(20)21-3-6(16)4-22-25/h2,6,8-10,16-17H,1,3-5H2,(H,14,18,19)/t6?,8-,9+,10+,25?/m0/s1. The number of halogens is 1. The first-order chi connectivity index (χ1) is 11.8. The van der Waals surface area contributed by atoms with E-state index in [1.165, 1.54) is 0 Å². The van der Waals surface area contributed by atoms with E-state index in [1.807, 2.05) is 0 Å². The number of nitrogens with one attached hydrogen (secondary N) is 1. The van der Waals surface area contributed by atoms with Crippen LogP contribution < -0.4 is 11.2 Å². The lowest BCUT2D eigenvalue weighted by atomic mass is 10.2. The van der Waals surface area contributed by atoms with Gasteiger partial charge in [0.25, 0.3) is 5.56 Å². The molecule has 3 N–H and O–H groups in total. The van der Waals surface area contributed by atoms with E-state index in [2.05, 4.69) is 0 Å². The first-order valence-electron chi connectivity index (χ1n) is 7.33. The summed E-state index contributed by atoms with van der Waals surface area (Å²) >= 11 is 0. The van der Waals surface area contributed by atoms with Crippen LogP contribution in [0, 0.1) is 5.82 Å². The lowest BCUT2D eigenvalue weighted by Gasteiger charge is -2.26. The summed E-state index contributed by atoms with van der Waals surface area (Å²) in [5.74, 6) is -1.18. The van der Waals surface area contributed by atoms with Gasteiger partial charge in [0, 0.05) is 6.42 Å². The number of phosphoric acid groups is 1. The molecule has 0 unspecified atom stereocenters. The highest BCUT2D eigenvalue weighted by Gasteiger charge is 2.40. The summed E-state index contributed by atoms with van der Waals surface area (Å²) in [6.07, 6.45) is -3.45. The third kappa shape index (κ3) is 4.06. The summed E-state index contributed by atoms with van der Waals surface area (Å²) in [6, 6.07) is 0. The number of nitrogens with zero attached hydrogens (tertiary/aromatic N) is 1. The molecule has 0 aromatic carbocycles. The minimum Gasteiger partial charge on any atom is -0.390 e. The predicted octanol–water partition coefficient (Wildman–Crippen LogP) is -1.14. The number of aliphatic hydroxyl groups excluding tert-OH is 2. The molecule has 0 radical (unpaired) electrons. The smallest absolute Gasteiger partial charge is 0.390 e. The summed E-state index contributed by atoms with van der Waals surface area (Å²) in [7, 11) is -3.87. The fraction of sp³-hybridized carbons (Fsp3) is 0.667. The Kier molecular flexibility index (Phi) is 5.21. The number of H-pyrrole nitrogens is 1. The van der Waals surface area contributed by atoms with Crippen LogP contribution in [0.25, 0.3) is 0 Å². The normalized spacial score (nSPS) is 35.8. The molecule has 0 saturated carbocycles. The van der Waals surface area contributed by atoms with Gasteiger partial charge >= 0.3 is 13.5 Å². The quantitative estimate of drug-likeness (QED) is 0.549. The summed E-state index contributed by atoms with van der Waals surface area (Å²) in [4.78, 5) is 24.5. The number of ether oxygens (including phenoxy) is 1. The van der Waals surface area contributed by atoms with Crippen molar-refractivity contribution in [1.29, 1.82) is 0 Å². The van der Waals surface area contributed by atoms with Crippen molar-refractivity contribution in [2.24, 2.45) is 0 Å². The van der Waals surface area contributed by atoms with Gasteiger partial charge in [-0.1, -0.05) is 0 Å². The summed E-state index contributed by atoms with van der Waals surface area (Å²) in [5, 5.41) is 19.2. The zero-order valence-electron chi connectivity index (χ0n) is 12.7. The van der Waals surface area contributed by atoms with Gasteiger partial charge in [-0.05, 0) is 0 Å². The molecule has 1 aromatic rings. The van der Waals surface area contributed by atoms with Crippen LogP contribution in [0.2, 0.25) is 0 Å². The van der Waals surface area contributed by atoms with Crippen molar-refractivity contribution in [3.05, 3.63) is 32.9 Å². The van der Waals surface area contributed by atoms with Crippen LogP contribution in [0.3, 0.4) is 0 Å². The van der Waals surface area contributed by atoms with Gasteiger partial charge in [-0.3, -0.25) is 27.9 Å².